The lowest BCUT2D eigenvalue weighted by molar-refractivity contribution is -0.263. The molecule has 0 aromatic carbocycles. The maximum Gasteiger partial charge on any atom is 0.417 e. The van der Waals surface area contributed by atoms with Crippen LogP contribution in [0.3, 0.4) is 0 Å². The molecule has 2 rings (SSSR count). The summed E-state index contributed by atoms with van der Waals surface area (Å²) in [5, 5.41) is 19.5. The van der Waals surface area contributed by atoms with E-state index >= 15 is 0 Å². The molecule has 1 amide bonds. The predicted molar refractivity (Wildman–Crippen MR) is 71.4 cm³/mol. The number of pyridine rings is 1. The van der Waals surface area contributed by atoms with E-state index in [4.69, 9.17) is 0 Å². The summed E-state index contributed by atoms with van der Waals surface area (Å²) in [5.41, 5.74) is -2.30. The summed E-state index contributed by atoms with van der Waals surface area (Å²) in [6, 6.07) is 1.37. The molecule has 122 valence electrons. The lowest BCUT2D eigenvalue weighted by Crippen LogP contribution is -2.46. The fraction of sp³-hybridized carbons (Fsp3) is 0.571. The summed E-state index contributed by atoms with van der Waals surface area (Å²) in [7, 11) is 0. The zero-order chi connectivity index (χ0) is 16.5. The summed E-state index contributed by atoms with van der Waals surface area (Å²) in [5.74, 6) is -0.941. The highest BCUT2D eigenvalue weighted by Crippen LogP contribution is 2.38. The molecule has 5 nitrogen and oxygen atoms in total. The fourth-order valence-corrected chi connectivity index (χ4v) is 2.47. The van der Waals surface area contributed by atoms with Crippen molar-refractivity contribution in [2.24, 2.45) is 0 Å². The maximum absolute atomic E-state index is 12.9. The van der Waals surface area contributed by atoms with E-state index in [1.807, 2.05) is 0 Å². The minimum atomic E-state index is -4.73. The van der Waals surface area contributed by atoms with Crippen molar-refractivity contribution >= 4 is 5.91 Å². The molecule has 2 N–H and O–H groups in total. The molecule has 1 aliphatic heterocycles. The van der Waals surface area contributed by atoms with Gasteiger partial charge in [0.2, 0.25) is 0 Å². The number of nitrogens with zero attached hydrogens (tertiary/aromatic N) is 2. The minimum Gasteiger partial charge on any atom is -0.505 e. The van der Waals surface area contributed by atoms with Crippen LogP contribution in [-0.2, 0) is 0 Å². The molecule has 1 aromatic heterocycles. The molecule has 0 aliphatic carbocycles. The van der Waals surface area contributed by atoms with Gasteiger partial charge in [0, 0.05) is 25.7 Å². The molecule has 1 unspecified atom stereocenters. The SMILES string of the molecule is Cc1cnc(C(=O)N2CCCC(O)(C(F)(F)F)CC2)c(O)c1. The number of carbonyl (C=O) groups excluding carboxylic acids is 1. The molecule has 0 bridgehead atoms. The lowest BCUT2D eigenvalue weighted by Gasteiger charge is -2.29. The van der Waals surface area contributed by atoms with E-state index in [1.54, 1.807) is 6.92 Å². The van der Waals surface area contributed by atoms with Gasteiger partial charge in [0.1, 0.15) is 5.75 Å². The van der Waals surface area contributed by atoms with Crippen LogP contribution in [0.5, 0.6) is 5.75 Å². The van der Waals surface area contributed by atoms with Crippen LogP contribution in [0.25, 0.3) is 0 Å². The molecule has 1 saturated heterocycles. The number of aliphatic hydroxyl groups is 1. The Morgan fingerprint density at radius 2 is 2.05 bits per heavy atom. The van der Waals surface area contributed by atoms with Gasteiger partial charge in [0.05, 0.1) is 0 Å². The molecule has 0 spiro atoms. The molecule has 22 heavy (non-hydrogen) atoms. The molecular formula is C14H17F3N2O3. The quantitative estimate of drug-likeness (QED) is 0.831. The number of hydrogen-bond acceptors (Lipinski definition) is 4. The second-order valence-electron chi connectivity index (χ2n) is 5.56. The van der Waals surface area contributed by atoms with E-state index in [9.17, 15) is 28.2 Å². The number of aromatic hydroxyl groups is 1. The minimum absolute atomic E-state index is 0.0222. The van der Waals surface area contributed by atoms with Crippen molar-refractivity contribution in [3.8, 4) is 5.75 Å². The van der Waals surface area contributed by atoms with E-state index in [-0.39, 0.29) is 31.0 Å². The summed E-state index contributed by atoms with van der Waals surface area (Å²) in [4.78, 5) is 17.3. The molecule has 1 fully saturated rings. The number of rotatable bonds is 1. The predicted octanol–water partition coefficient (Wildman–Crippen LogP) is 2.02. The Kier molecular flexibility index (Phi) is 4.32. The first-order valence-corrected chi connectivity index (χ1v) is 6.88. The van der Waals surface area contributed by atoms with Gasteiger partial charge in [-0.05, 0) is 31.4 Å². The first-order chi connectivity index (χ1) is 10.1. The Hall–Kier alpha value is -1.83. The average molecular weight is 318 g/mol. The second-order valence-corrected chi connectivity index (χ2v) is 5.56. The standard InChI is InChI=1S/C14H17F3N2O3/c1-9-7-10(20)11(18-8-9)12(21)19-5-2-3-13(22,4-6-19)14(15,16)17/h7-8,20,22H,2-6H2,1H3. The third-order valence-electron chi connectivity index (χ3n) is 3.84. The van der Waals surface area contributed by atoms with Gasteiger partial charge < -0.3 is 15.1 Å². The van der Waals surface area contributed by atoms with Crippen molar-refractivity contribution in [1.82, 2.24) is 9.88 Å². The summed E-state index contributed by atoms with van der Waals surface area (Å²) < 4.78 is 38.6. The molecule has 8 heteroatoms. The Balaban J connectivity index is 2.16. The number of aryl methyl sites for hydroxylation is 1. The smallest absolute Gasteiger partial charge is 0.417 e. The van der Waals surface area contributed by atoms with Crippen LogP contribution >= 0.6 is 0 Å². The highest BCUT2D eigenvalue weighted by Gasteiger charge is 2.53. The first-order valence-electron chi connectivity index (χ1n) is 6.88. The number of hydrogen-bond donors (Lipinski definition) is 2. The number of amides is 1. The van der Waals surface area contributed by atoms with Crippen LogP contribution in [0.15, 0.2) is 12.3 Å². The summed E-state index contributed by atoms with van der Waals surface area (Å²) in [6.07, 6.45) is -4.34. The Morgan fingerprint density at radius 1 is 1.36 bits per heavy atom. The number of halogens is 3. The summed E-state index contributed by atoms with van der Waals surface area (Å²) >= 11 is 0. The largest absolute Gasteiger partial charge is 0.505 e. The van der Waals surface area contributed by atoms with Crippen LogP contribution in [0.2, 0.25) is 0 Å². The van der Waals surface area contributed by atoms with Crippen molar-refractivity contribution in [1.29, 1.82) is 0 Å². The third-order valence-corrected chi connectivity index (χ3v) is 3.84. The van der Waals surface area contributed by atoms with Gasteiger partial charge in [-0.25, -0.2) is 4.98 Å². The molecular weight excluding hydrogens is 301 g/mol. The van der Waals surface area contributed by atoms with Crippen LogP contribution in [0.1, 0.15) is 35.3 Å². The first kappa shape index (κ1) is 16.5. The molecule has 0 saturated carbocycles. The van der Waals surface area contributed by atoms with Crippen LogP contribution in [0, 0.1) is 6.92 Å². The van der Waals surface area contributed by atoms with Gasteiger partial charge in [-0.1, -0.05) is 0 Å². The van der Waals surface area contributed by atoms with Crippen molar-refractivity contribution < 1.29 is 28.2 Å². The normalized spacial score (nSPS) is 23.2. The number of aromatic nitrogens is 1. The fourth-order valence-electron chi connectivity index (χ4n) is 2.47. The van der Waals surface area contributed by atoms with Crippen molar-refractivity contribution in [2.45, 2.75) is 38.0 Å². The average Bonchev–Trinajstić information content (AvgIpc) is 2.60. The lowest BCUT2D eigenvalue weighted by atomic mass is 9.94. The van der Waals surface area contributed by atoms with Gasteiger partial charge in [0.15, 0.2) is 11.3 Å². The summed E-state index contributed by atoms with van der Waals surface area (Å²) in [6.45, 7) is 1.52. The topological polar surface area (TPSA) is 73.7 Å². The zero-order valence-corrected chi connectivity index (χ0v) is 12.0. The maximum atomic E-state index is 12.9. The van der Waals surface area contributed by atoms with Crippen molar-refractivity contribution in [3.05, 3.63) is 23.5 Å². The Bertz CT molecular complexity index is 577. The van der Waals surface area contributed by atoms with Crippen molar-refractivity contribution in [3.63, 3.8) is 0 Å². The monoisotopic (exact) mass is 318 g/mol. The van der Waals surface area contributed by atoms with Gasteiger partial charge in [-0.3, -0.25) is 4.79 Å². The molecule has 1 atom stereocenters. The Morgan fingerprint density at radius 3 is 2.64 bits per heavy atom. The van der Waals surface area contributed by atoms with E-state index in [0.29, 0.717) is 5.56 Å². The van der Waals surface area contributed by atoms with Gasteiger partial charge in [-0.2, -0.15) is 13.2 Å². The van der Waals surface area contributed by atoms with Crippen LogP contribution in [-0.4, -0.2) is 50.9 Å². The number of likely N-dealkylation sites (tertiary alicyclic amines) is 1. The number of carbonyl (C=O) groups is 1. The van der Waals surface area contributed by atoms with Gasteiger partial charge in [-0.15, -0.1) is 0 Å². The highest BCUT2D eigenvalue weighted by molar-refractivity contribution is 5.94. The molecule has 1 aromatic rings. The van der Waals surface area contributed by atoms with Crippen LogP contribution in [0.4, 0.5) is 13.2 Å². The van der Waals surface area contributed by atoms with E-state index in [2.05, 4.69) is 4.98 Å². The van der Waals surface area contributed by atoms with Gasteiger partial charge >= 0.3 is 6.18 Å². The van der Waals surface area contributed by atoms with Crippen molar-refractivity contribution in [2.75, 3.05) is 13.1 Å². The second kappa shape index (κ2) is 5.75. The third kappa shape index (κ3) is 3.16. The van der Waals surface area contributed by atoms with E-state index < -0.39 is 30.5 Å². The molecule has 1 aliphatic rings. The van der Waals surface area contributed by atoms with E-state index in [1.165, 1.54) is 17.2 Å². The van der Waals surface area contributed by atoms with E-state index in [0.717, 1.165) is 0 Å². The number of alkyl halides is 3. The van der Waals surface area contributed by atoms with Gasteiger partial charge in [0.25, 0.3) is 5.91 Å². The molecule has 0 radical (unpaired) electrons. The highest BCUT2D eigenvalue weighted by atomic mass is 19.4. The zero-order valence-electron chi connectivity index (χ0n) is 12.0. The molecule has 2 heterocycles. The Labute approximate surface area is 125 Å². The van der Waals surface area contributed by atoms with Crippen LogP contribution < -0.4 is 0 Å².